The molecule has 4 aromatic rings. The number of alkyl halides is 3. The Morgan fingerprint density at radius 1 is 1.02 bits per heavy atom. The number of halogens is 4. The van der Waals surface area contributed by atoms with Crippen LogP contribution in [0.4, 0.5) is 18.9 Å². The normalized spacial score (nSPS) is 17.4. The van der Waals surface area contributed by atoms with Gasteiger partial charge in [-0.15, -0.1) is 0 Å². The summed E-state index contributed by atoms with van der Waals surface area (Å²) in [6.45, 7) is 13.7. The van der Waals surface area contributed by atoms with E-state index in [-0.39, 0.29) is 10.4 Å². The number of piperazine rings is 1. The highest BCUT2D eigenvalue weighted by atomic mass is 35.5. The molecule has 0 amide bonds. The molecular formula is C38H42ClF3N4O3. The van der Waals surface area contributed by atoms with Crippen molar-refractivity contribution in [2.75, 3.05) is 37.6 Å². The molecule has 6 rings (SSSR count). The first kappa shape index (κ1) is 34.8. The number of fused-ring (bicyclic) bond motifs is 1. The van der Waals surface area contributed by atoms with E-state index >= 15 is 0 Å². The third kappa shape index (κ3) is 8.24. The first-order valence-corrected chi connectivity index (χ1v) is 17.0. The Labute approximate surface area is 290 Å². The first-order valence-electron chi connectivity index (χ1n) is 16.6. The van der Waals surface area contributed by atoms with Crippen molar-refractivity contribution in [2.24, 2.45) is 5.41 Å². The number of hydrogen-bond donors (Lipinski definition) is 1. The quantitative estimate of drug-likeness (QED) is 0.194. The highest BCUT2D eigenvalue weighted by Crippen LogP contribution is 2.46. The summed E-state index contributed by atoms with van der Waals surface area (Å²) in [4.78, 5) is 25.4. The number of benzene rings is 2. The lowest BCUT2D eigenvalue weighted by Gasteiger charge is -2.39. The summed E-state index contributed by atoms with van der Waals surface area (Å²) >= 11 is 6.50. The summed E-state index contributed by atoms with van der Waals surface area (Å²) in [6, 6.07) is 13.0. The SMILES string of the molecule is CC1(C)CCC(CN2CCN(c3ccc(C(=O)OC(C)(C)C)c(Oc4cnc5[nH]ccc5c4)c3)CC2)=C(c2ccc(C(F)(F)F)cc2Cl)C1. The van der Waals surface area contributed by atoms with Crippen molar-refractivity contribution in [2.45, 2.75) is 65.7 Å². The number of hydrogen-bond acceptors (Lipinski definition) is 6. The fourth-order valence-corrected chi connectivity index (χ4v) is 6.85. The van der Waals surface area contributed by atoms with Gasteiger partial charge in [0, 0.05) is 61.1 Å². The zero-order chi connectivity index (χ0) is 35.1. The third-order valence-corrected chi connectivity index (χ3v) is 9.46. The minimum absolute atomic E-state index is 0.0260. The number of carbonyl (C=O) groups is 1. The van der Waals surface area contributed by atoms with Crippen molar-refractivity contribution in [3.8, 4) is 11.5 Å². The summed E-state index contributed by atoms with van der Waals surface area (Å²) in [6.07, 6.45) is 1.62. The molecular weight excluding hydrogens is 653 g/mol. The molecule has 11 heteroatoms. The maximum atomic E-state index is 13.4. The summed E-state index contributed by atoms with van der Waals surface area (Å²) in [5.74, 6) is 0.424. The minimum Gasteiger partial charge on any atom is -0.456 e. The van der Waals surface area contributed by atoms with Crippen LogP contribution in [0.3, 0.4) is 0 Å². The largest absolute Gasteiger partial charge is 0.456 e. The fourth-order valence-electron chi connectivity index (χ4n) is 6.56. The molecule has 2 aromatic carbocycles. The number of pyridine rings is 1. The molecule has 1 aliphatic heterocycles. The van der Waals surface area contributed by atoms with Crippen molar-refractivity contribution < 1.29 is 27.4 Å². The zero-order valence-corrected chi connectivity index (χ0v) is 29.3. The number of allylic oxidation sites excluding steroid dienone is 1. The number of nitrogens with zero attached hydrogens (tertiary/aromatic N) is 3. The van der Waals surface area contributed by atoms with Crippen LogP contribution in [-0.2, 0) is 10.9 Å². The van der Waals surface area contributed by atoms with Crippen LogP contribution < -0.4 is 9.64 Å². The molecule has 2 aliphatic rings. The van der Waals surface area contributed by atoms with Gasteiger partial charge in [-0.05, 0) is 93.0 Å². The number of rotatable bonds is 7. The van der Waals surface area contributed by atoms with E-state index in [4.69, 9.17) is 21.1 Å². The lowest BCUT2D eigenvalue weighted by Crippen LogP contribution is -2.47. The number of esters is 1. The van der Waals surface area contributed by atoms with Gasteiger partial charge in [0.25, 0.3) is 0 Å². The van der Waals surface area contributed by atoms with Gasteiger partial charge in [-0.25, -0.2) is 9.78 Å². The highest BCUT2D eigenvalue weighted by Gasteiger charge is 2.34. The number of nitrogens with one attached hydrogen (secondary N) is 1. The summed E-state index contributed by atoms with van der Waals surface area (Å²) in [5, 5.41) is 1.03. The van der Waals surface area contributed by atoms with Gasteiger partial charge in [0.2, 0.25) is 0 Å². The van der Waals surface area contributed by atoms with Crippen molar-refractivity contribution in [1.29, 1.82) is 0 Å². The monoisotopic (exact) mass is 694 g/mol. The second kappa shape index (κ2) is 13.4. The number of aromatic amines is 1. The van der Waals surface area contributed by atoms with Crippen molar-refractivity contribution >= 4 is 39.9 Å². The highest BCUT2D eigenvalue weighted by molar-refractivity contribution is 6.32. The molecule has 3 heterocycles. The molecule has 1 aliphatic carbocycles. The average Bonchev–Trinajstić information content (AvgIpc) is 3.49. The Bertz CT molecular complexity index is 1890. The topological polar surface area (TPSA) is 70.7 Å². The third-order valence-electron chi connectivity index (χ3n) is 9.15. The van der Waals surface area contributed by atoms with Crippen LogP contribution in [0.1, 0.15) is 75.4 Å². The lowest BCUT2D eigenvalue weighted by atomic mass is 9.72. The maximum Gasteiger partial charge on any atom is 0.416 e. The molecule has 0 saturated carbocycles. The molecule has 260 valence electrons. The van der Waals surface area contributed by atoms with E-state index in [2.05, 4.69) is 33.6 Å². The Hall–Kier alpha value is -4.02. The molecule has 0 spiro atoms. The van der Waals surface area contributed by atoms with Gasteiger partial charge in [-0.2, -0.15) is 13.2 Å². The summed E-state index contributed by atoms with van der Waals surface area (Å²) in [7, 11) is 0. The van der Waals surface area contributed by atoms with Crippen molar-refractivity contribution in [1.82, 2.24) is 14.9 Å². The molecule has 7 nitrogen and oxygen atoms in total. The van der Waals surface area contributed by atoms with Gasteiger partial charge in [0.05, 0.1) is 11.8 Å². The second-order valence-electron chi connectivity index (χ2n) is 14.7. The van der Waals surface area contributed by atoms with Crippen molar-refractivity contribution in [3.05, 3.63) is 88.2 Å². The van der Waals surface area contributed by atoms with Crippen LogP contribution >= 0.6 is 11.6 Å². The Kier molecular flexibility index (Phi) is 9.50. The lowest BCUT2D eigenvalue weighted by molar-refractivity contribution is -0.137. The van der Waals surface area contributed by atoms with Crippen molar-refractivity contribution in [3.63, 3.8) is 0 Å². The predicted molar refractivity (Wildman–Crippen MR) is 187 cm³/mol. The van der Waals surface area contributed by atoms with Gasteiger partial charge in [0.1, 0.15) is 28.3 Å². The van der Waals surface area contributed by atoms with Gasteiger partial charge < -0.3 is 19.4 Å². The van der Waals surface area contributed by atoms with E-state index in [1.54, 1.807) is 12.3 Å². The molecule has 0 bridgehead atoms. The zero-order valence-electron chi connectivity index (χ0n) is 28.5. The standard InChI is InChI=1S/C38H42ClF3N4O3/c1-36(2,3)49-35(47)30-9-7-27(20-33(30)48-28-18-24-11-13-43-34(24)44-22-28)46-16-14-45(15-17-46)23-25-10-12-37(4,5)21-31(25)29-8-6-26(19-32(29)39)38(40,41)42/h6-9,11,13,18-20,22H,10,12,14-17,21,23H2,1-5H3,(H,43,44). The van der Waals surface area contributed by atoms with E-state index in [1.807, 2.05) is 51.2 Å². The number of aromatic nitrogens is 2. The molecule has 1 fully saturated rings. The molecule has 0 unspecified atom stereocenters. The Morgan fingerprint density at radius 3 is 2.47 bits per heavy atom. The molecule has 1 saturated heterocycles. The number of carbonyl (C=O) groups excluding carboxylic acids is 1. The number of anilines is 1. The van der Waals surface area contributed by atoms with Crippen LogP contribution in [0, 0.1) is 5.41 Å². The second-order valence-corrected chi connectivity index (χ2v) is 15.2. The molecule has 49 heavy (non-hydrogen) atoms. The molecule has 1 N–H and O–H groups in total. The van der Waals surface area contributed by atoms with Gasteiger partial charge >= 0.3 is 12.1 Å². The Balaban J connectivity index is 1.20. The smallest absolute Gasteiger partial charge is 0.416 e. The first-order chi connectivity index (χ1) is 23.0. The average molecular weight is 695 g/mol. The van der Waals surface area contributed by atoms with Crippen LogP contribution in [0.5, 0.6) is 11.5 Å². The van der Waals surface area contributed by atoms with E-state index in [0.717, 1.165) is 86.4 Å². The molecule has 2 aromatic heterocycles. The van der Waals surface area contributed by atoms with Crippen LogP contribution in [0.2, 0.25) is 5.02 Å². The number of ether oxygens (including phenoxy) is 2. The Morgan fingerprint density at radius 2 is 1.78 bits per heavy atom. The maximum absolute atomic E-state index is 13.4. The van der Waals surface area contributed by atoms with Crippen LogP contribution in [0.15, 0.2) is 66.5 Å². The summed E-state index contributed by atoms with van der Waals surface area (Å²) in [5.41, 5.74) is 3.61. The van der Waals surface area contributed by atoms with E-state index < -0.39 is 23.3 Å². The van der Waals surface area contributed by atoms with Gasteiger partial charge in [0.15, 0.2) is 0 Å². The minimum atomic E-state index is -4.44. The molecule has 0 atom stereocenters. The number of H-pyrrole nitrogens is 1. The van der Waals surface area contributed by atoms with Gasteiger partial charge in [-0.1, -0.05) is 37.1 Å². The van der Waals surface area contributed by atoms with Crippen LogP contribution in [0.25, 0.3) is 16.6 Å². The van der Waals surface area contributed by atoms with Gasteiger partial charge in [-0.3, -0.25) is 4.90 Å². The molecule has 0 radical (unpaired) electrons. The fraction of sp³-hybridized carbons (Fsp3) is 0.421. The van der Waals surface area contributed by atoms with E-state index in [1.165, 1.54) is 11.6 Å². The predicted octanol–water partition coefficient (Wildman–Crippen LogP) is 9.77. The van der Waals surface area contributed by atoms with E-state index in [0.29, 0.717) is 22.6 Å². The van der Waals surface area contributed by atoms with E-state index in [9.17, 15) is 18.0 Å². The van der Waals surface area contributed by atoms with Crippen LogP contribution in [-0.4, -0.2) is 59.2 Å². The summed E-state index contributed by atoms with van der Waals surface area (Å²) < 4.78 is 52.1.